The standard InChI is InChI=1S/C12H16ClNO/c1-8-2-5-11(13)12(6-8)15-10-4-3-9(14)7-10/h2,5-6,9-10H,3-4,7,14H2,1H3. The molecule has 1 aromatic carbocycles. The van der Waals surface area contributed by atoms with Crippen molar-refractivity contribution in [1.82, 2.24) is 0 Å². The third-order valence-corrected chi connectivity index (χ3v) is 3.12. The summed E-state index contributed by atoms with van der Waals surface area (Å²) in [6.07, 6.45) is 3.25. The van der Waals surface area contributed by atoms with Gasteiger partial charge in [-0.15, -0.1) is 0 Å². The molecule has 2 N–H and O–H groups in total. The zero-order chi connectivity index (χ0) is 10.8. The molecule has 0 spiro atoms. The van der Waals surface area contributed by atoms with Crippen molar-refractivity contribution < 1.29 is 4.74 Å². The van der Waals surface area contributed by atoms with Gasteiger partial charge in [0, 0.05) is 6.04 Å². The van der Waals surface area contributed by atoms with Crippen LogP contribution in [0.1, 0.15) is 24.8 Å². The molecule has 2 atom stereocenters. The van der Waals surface area contributed by atoms with Crippen molar-refractivity contribution in [3.05, 3.63) is 28.8 Å². The van der Waals surface area contributed by atoms with Crippen LogP contribution in [0.3, 0.4) is 0 Å². The average Bonchev–Trinajstić information content (AvgIpc) is 2.58. The number of hydrogen-bond donors (Lipinski definition) is 1. The summed E-state index contributed by atoms with van der Waals surface area (Å²) in [5.41, 5.74) is 7.00. The summed E-state index contributed by atoms with van der Waals surface area (Å²) in [5.74, 6) is 0.788. The molecule has 0 saturated heterocycles. The smallest absolute Gasteiger partial charge is 0.138 e. The molecule has 2 rings (SSSR count). The van der Waals surface area contributed by atoms with Crippen molar-refractivity contribution in [2.75, 3.05) is 0 Å². The molecule has 2 nitrogen and oxygen atoms in total. The Labute approximate surface area is 95.4 Å². The molecule has 1 saturated carbocycles. The molecule has 0 aliphatic heterocycles. The van der Waals surface area contributed by atoms with E-state index in [0.29, 0.717) is 11.1 Å². The van der Waals surface area contributed by atoms with Gasteiger partial charge in [0.1, 0.15) is 11.9 Å². The van der Waals surface area contributed by atoms with Gasteiger partial charge in [0.2, 0.25) is 0 Å². The summed E-state index contributed by atoms with van der Waals surface area (Å²) in [4.78, 5) is 0. The number of rotatable bonds is 2. The van der Waals surface area contributed by atoms with Gasteiger partial charge in [0.05, 0.1) is 5.02 Å². The lowest BCUT2D eigenvalue weighted by Gasteiger charge is -2.15. The first kappa shape index (κ1) is 10.8. The van der Waals surface area contributed by atoms with E-state index < -0.39 is 0 Å². The Balaban J connectivity index is 2.07. The second kappa shape index (κ2) is 4.42. The second-order valence-electron chi connectivity index (χ2n) is 4.25. The first-order valence-corrected chi connectivity index (χ1v) is 5.71. The zero-order valence-electron chi connectivity index (χ0n) is 8.87. The number of aryl methyl sites for hydroxylation is 1. The fourth-order valence-electron chi connectivity index (χ4n) is 1.96. The number of ether oxygens (including phenoxy) is 1. The number of nitrogens with two attached hydrogens (primary N) is 1. The predicted molar refractivity (Wildman–Crippen MR) is 62.4 cm³/mol. The third kappa shape index (κ3) is 2.64. The minimum Gasteiger partial charge on any atom is -0.489 e. The quantitative estimate of drug-likeness (QED) is 0.840. The van der Waals surface area contributed by atoms with E-state index in [1.807, 2.05) is 25.1 Å². The summed E-state index contributed by atoms with van der Waals surface area (Å²) in [5, 5.41) is 0.682. The molecule has 0 amide bonds. The predicted octanol–water partition coefficient (Wildman–Crippen LogP) is 2.91. The summed E-state index contributed by atoms with van der Waals surface area (Å²) in [6, 6.07) is 6.13. The lowest BCUT2D eigenvalue weighted by Crippen LogP contribution is -2.19. The van der Waals surface area contributed by atoms with E-state index in [9.17, 15) is 0 Å². The third-order valence-electron chi connectivity index (χ3n) is 2.81. The van der Waals surface area contributed by atoms with Gasteiger partial charge in [-0.3, -0.25) is 0 Å². The Bertz CT molecular complexity index is 353. The van der Waals surface area contributed by atoms with Crippen LogP contribution in [0.2, 0.25) is 5.02 Å². The zero-order valence-corrected chi connectivity index (χ0v) is 9.63. The van der Waals surface area contributed by atoms with Crippen LogP contribution in [0.4, 0.5) is 0 Å². The molecule has 2 unspecified atom stereocenters. The Morgan fingerprint density at radius 1 is 1.40 bits per heavy atom. The molecule has 0 heterocycles. The summed E-state index contributed by atoms with van der Waals surface area (Å²) >= 11 is 6.05. The van der Waals surface area contributed by atoms with Gasteiger partial charge in [-0.2, -0.15) is 0 Å². The monoisotopic (exact) mass is 225 g/mol. The van der Waals surface area contributed by atoms with E-state index in [2.05, 4.69) is 0 Å². The lowest BCUT2D eigenvalue weighted by atomic mass is 10.2. The Morgan fingerprint density at radius 2 is 2.20 bits per heavy atom. The lowest BCUT2D eigenvalue weighted by molar-refractivity contribution is 0.208. The number of halogens is 1. The van der Waals surface area contributed by atoms with Crippen molar-refractivity contribution in [3.8, 4) is 5.75 Å². The maximum absolute atomic E-state index is 6.05. The van der Waals surface area contributed by atoms with Crippen LogP contribution in [0.5, 0.6) is 5.75 Å². The van der Waals surface area contributed by atoms with E-state index in [1.165, 1.54) is 0 Å². The van der Waals surface area contributed by atoms with E-state index in [1.54, 1.807) is 0 Å². The number of hydrogen-bond acceptors (Lipinski definition) is 2. The summed E-state index contributed by atoms with van der Waals surface area (Å²) < 4.78 is 5.85. The fraction of sp³-hybridized carbons (Fsp3) is 0.500. The van der Waals surface area contributed by atoms with Crippen LogP contribution in [0.25, 0.3) is 0 Å². The molecule has 0 bridgehead atoms. The van der Waals surface area contributed by atoms with Gasteiger partial charge < -0.3 is 10.5 Å². The largest absolute Gasteiger partial charge is 0.489 e. The first-order valence-electron chi connectivity index (χ1n) is 5.33. The van der Waals surface area contributed by atoms with Gasteiger partial charge in [0.25, 0.3) is 0 Å². The first-order chi connectivity index (χ1) is 7.15. The van der Waals surface area contributed by atoms with Gasteiger partial charge in [-0.25, -0.2) is 0 Å². The van der Waals surface area contributed by atoms with Gasteiger partial charge in [0.15, 0.2) is 0 Å². The molecule has 0 aromatic heterocycles. The number of benzene rings is 1. The highest BCUT2D eigenvalue weighted by Crippen LogP contribution is 2.30. The molecule has 3 heteroatoms. The van der Waals surface area contributed by atoms with Gasteiger partial charge in [-0.05, 0) is 43.9 Å². The van der Waals surface area contributed by atoms with Crippen molar-refractivity contribution in [1.29, 1.82) is 0 Å². The van der Waals surface area contributed by atoms with Crippen LogP contribution in [-0.2, 0) is 0 Å². The van der Waals surface area contributed by atoms with Crippen molar-refractivity contribution in [2.45, 2.75) is 38.3 Å². The molecule has 1 aliphatic rings. The molecule has 82 valence electrons. The Hall–Kier alpha value is -0.730. The SMILES string of the molecule is Cc1ccc(Cl)c(OC2CCC(N)C2)c1. The molecule has 15 heavy (non-hydrogen) atoms. The highest BCUT2D eigenvalue weighted by Gasteiger charge is 2.23. The van der Waals surface area contributed by atoms with Crippen LogP contribution in [0, 0.1) is 6.92 Å². The van der Waals surface area contributed by atoms with Crippen LogP contribution in [-0.4, -0.2) is 12.1 Å². The topological polar surface area (TPSA) is 35.2 Å². The fourth-order valence-corrected chi connectivity index (χ4v) is 2.12. The second-order valence-corrected chi connectivity index (χ2v) is 4.65. The van der Waals surface area contributed by atoms with Crippen molar-refractivity contribution in [3.63, 3.8) is 0 Å². The minimum atomic E-state index is 0.235. The minimum absolute atomic E-state index is 0.235. The van der Waals surface area contributed by atoms with E-state index in [-0.39, 0.29) is 6.10 Å². The van der Waals surface area contributed by atoms with E-state index in [0.717, 1.165) is 30.6 Å². The summed E-state index contributed by atoms with van der Waals surface area (Å²) in [6.45, 7) is 2.03. The molecule has 0 radical (unpaired) electrons. The van der Waals surface area contributed by atoms with Crippen molar-refractivity contribution in [2.24, 2.45) is 5.73 Å². The molecular formula is C12H16ClNO. The maximum atomic E-state index is 6.05. The van der Waals surface area contributed by atoms with Crippen molar-refractivity contribution >= 4 is 11.6 Å². The van der Waals surface area contributed by atoms with Crippen LogP contribution in [0.15, 0.2) is 18.2 Å². The highest BCUT2D eigenvalue weighted by molar-refractivity contribution is 6.32. The normalized spacial score (nSPS) is 25.5. The maximum Gasteiger partial charge on any atom is 0.138 e. The molecular weight excluding hydrogens is 210 g/mol. The van der Waals surface area contributed by atoms with Crippen LogP contribution < -0.4 is 10.5 Å². The van der Waals surface area contributed by atoms with E-state index >= 15 is 0 Å². The highest BCUT2D eigenvalue weighted by atomic mass is 35.5. The summed E-state index contributed by atoms with van der Waals surface area (Å²) in [7, 11) is 0. The molecule has 1 fully saturated rings. The van der Waals surface area contributed by atoms with E-state index in [4.69, 9.17) is 22.1 Å². The molecule has 1 aromatic rings. The van der Waals surface area contributed by atoms with Gasteiger partial charge in [-0.1, -0.05) is 17.7 Å². The van der Waals surface area contributed by atoms with Crippen LogP contribution >= 0.6 is 11.6 Å². The average molecular weight is 226 g/mol. The Morgan fingerprint density at radius 3 is 2.87 bits per heavy atom. The molecule has 1 aliphatic carbocycles. The Kier molecular flexibility index (Phi) is 3.17. The van der Waals surface area contributed by atoms with Gasteiger partial charge >= 0.3 is 0 Å².